The first-order chi connectivity index (χ1) is 11.7. The Morgan fingerprint density at radius 2 is 1.96 bits per heavy atom. The zero-order valence-corrected chi connectivity index (χ0v) is 14.5. The number of nitrogen functional groups attached to an aromatic ring is 1. The second kappa shape index (κ2) is 7.31. The van der Waals surface area contributed by atoms with Gasteiger partial charge in [0.15, 0.2) is 0 Å². The number of carbonyl (C=O) groups excluding carboxylic acids is 1. The Labute approximate surface area is 146 Å². The lowest BCUT2D eigenvalue weighted by Crippen LogP contribution is -2.43. The Balaban J connectivity index is 2.14. The average molecular weight is 341 g/mol. The minimum absolute atomic E-state index is 0.266. The van der Waals surface area contributed by atoms with Crippen LogP contribution in [-0.4, -0.2) is 27.4 Å². The Hall–Kier alpha value is -2.93. The highest BCUT2D eigenvalue weighted by molar-refractivity contribution is 6.01. The number of pyridine rings is 1. The van der Waals surface area contributed by atoms with Gasteiger partial charge in [0.2, 0.25) is 0 Å². The fourth-order valence-corrected chi connectivity index (χ4v) is 2.45. The van der Waals surface area contributed by atoms with Crippen molar-refractivity contribution in [2.24, 2.45) is 0 Å². The van der Waals surface area contributed by atoms with Crippen molar-refractivity contribution in [3.8, 4) is 0 Å². The van der Waals surface area contributed by atoms with Crippen LogP contribution in [0.3, 0.4) is 0 Å². The molecule has 0 fully saturated rings. The van der Waals surface area contributed by atoms with Crippen LogP contribution in [0.15, 0.2) is 42.6 Å². The molecule has 0 unspecified atom stereocenters. The molecule has 7 heteroatoms. The van der Waals surface area contributed by atoms with Gasteiger partial charge in [-0.1, -0.05) is 30.3 Å². The van der Waals surface area contributed by atoms with Crippen LogP contribution in [0.4, 0.5) is 16.3 Å². The molecule has 0 aliphatic heterocycles. The third-order valence-electron chi connectivity index (χ3n) is 3.70. The van der Waals surface area contributed by atoms with Crippen molar-refractivity contribution in [1.82, 2.24) is 10.3 Å². The summed E-state index contributed by atoms with van der Waals surface area (Å²) >= 11 is 0. The highest BCUT2D eigenvalue weighted by atomic mass is 16.3. The second-order valence-corrected chi connectivity index (χ2v) is 6.38. The van der Waals surface area contributed by atoms with Crippen LogP contribution in [0.2, 0.25) is 0 Å². The van der Waals surface area contributed by atoms with Crippen molar-refractivity contribution >= 4 is 23.2 Å². The molecule has 2 aromatic rings. The van der Waals surface area contributed by atoms with E-state index in [9.17, 15) is 9.90 Å². The third-order valence-corrected chi connectivity index (χ3v) is 3.70. The van der Waals surface area contributed by atoms with E-state index in [1.807, 2.05) is 30.3 Å². The number of nitrogens with one attached hydrogen (secondary N) is 3. The van der Waals surface area contributed by atoms with Gasteiger partial charge in [0.1, 0.15) is 5.82 Å². The number of amides is 2. The Morgan fingerprint density at radius 1 is 1.32 bits per heavy atom. The largest absolute Gasteiger partial charge is 0.398 e. The Kier molecular flexibility index (Phi) is 5.38. The van der Waals surface area contributed by atoms with E-state index >= 15 is 0 Å². The number of benzene rings is 1. The number of urea groups is 1. The van der Waals surface area contributed by atoms with Gasteiger partial charge in [-0.25, -0.2) is 9.78 Å². The van der Waals surface area contributed by atoms with E-state index in [4.69, 9.17) is 11.1 Å². The Bertz CT molecular complexity index is 769. The maximum atomic E-state index is 12.3. The van der Waals surface area contributed by atoms with Gasteiger partial charge in [0.05, 0.1) is 11.6 Å². The normalized spacial score (nSPS) is 12.3. The number of aromatic nitrogens is 1. The van der Waals surface area contributed by atoms with Gasteiger partial charge >= 0.3 is 6.03 Å². The number of anilines is 2. The van der Waals surface area contributed by atoms with Gasteiger partial charge in [-0.15, -0.1) is 0 Å². The first-order valence-corrected chi connectivity index (χ1v) is 7.84. The van der Waals surface area contributed by atoms with Crippen molar-refractivity contribution in [1.29, 1.82) is 5.41 Å². The molecular formula is C18H23N5O2. The zero-order chi connectivity index (χ0) is 18.6. The van der Waals surface area contributed by atoms with Crippen LogP contribution in [0, 0.1) is 5.41 Å². The first kappa shape index (κ1) is 18.4. The molecule has 0 bridgehead atoms. The van der Waals surface area contributed by atoms with Gasteiger partial charge in [0.25, 0.3) is 0 Å². The summed E-state index contributed by atoms with van der Waals surface area (Å²) in [6, 6.07) is 9.60. The molecule has 2 amide bonds. The summed E-state index contributed by atoms with van der Waals surface area (Å²) in [7, 11) is 0. The van der Waals surface area contributed by atoms with E-state index in [0.717, 1.165) is 5.56 Å². The molecule has 25 heavy (non-hydrogen) atoms. The van der Waals surface area contributed by atoms with Crippen molar-refractivity contribution < 1.29 is 9.90 Å². The highest BCUT2D eigenvalue weighted by Gasteiger charge is 2.29. The summed E-state index contributed by atoms with van der Waals surface area (Å²) in [5.74, 6) is 0.266. The molecule has 1 aromatic heterocycles. The van der Waals surface area contributed by atoms with Crippen LogP contribution >= 0.6 is 0 Å². The van der Waals surface area contributed by atoms with Gasteiger partial charge in [0, 0.05) is 29.2 Å². The molecule has 1 aromatic carbocycles. The molecule has 1 atom stereocenters. The number of hydrogen-bond acceptors (Lipinski definition) is 5. The number of aliphatic hydroxyl groups is 1. The van der Waals surface area contributed by atoms with Gasteiger partial charge < -0.3 is 21.6 Å². The average Bonchev–Trinajstić information content (AvgIpc) is 2.52. The fraction of sp³-hybridized carbons (Fsp3) is 0.278. The number of carbonyl (C=O) groups is 1. The summed E-state index contributed by atoms with van der Waals surface area (Å²) in [6.45, 7) is 4.87. The molecule has 0 radical (unpaired) electrons. The molecular weight excluding hydrogens is 318 g/mol. The van der Waals surface area contributed by atoms with Gasteiger partial charge in [-0.3, -0.25) is 5.32 Å². The topological polar surface area (TPSA) is 124 Å². The van der Waals surface area contributed by atoms with Gasteiger partial charge in [-0.05, 0) is 26.3 Å². The second-order valence-electron chi connectivity index (χ2n) is 6.38. The monoisotopic (exact) mass is 341 g/mol. The summed E-state index contributed by atoms with van der Waals surface area (Å²) < 4.78 is 0. The van der Waals surface area contributed by atoms with E-state index in [1.54, 1.807) is 20.8 Å². The number of nitrogens with zero attached hydrogens (tertiary/aromatic N) is 1. The summed E-state index contributed by atoms with van der Waals surface area (Å²) in [5, 5.41) is 23.3. The van der Waals surface area contributed by atoms with Crippen LogP contribution in [0.25, 0.3) is 0 Å². The molecule has 6 N–H and O–H groups in total. The molecule has 2 rings (SSSR count). The smallest absolute Gasteiger partial charge is 0.320 e. The zero-order valence-electron chi connectivity index (χ0n) is 14.5. The number of nitrogens with two attached hydrogens (primary N) is 1. The maximum Gasteiger partial charge on any atom is 0.320 e. The van der Waals surface area contributed by atoms with Crippen LogP contribution in [0.5, 0.6) is 0 Å². The predicted molar refractivity (Wildman–Crippen MR) is 98.8 cm³/mol. The van der Waals surface area contributed by atoms with E-state index in [0.29, 0.717) is 17.0 Å². The molecule has 0 saturated carbocycles. The molecule has 0 saturated heterocycles. The standard InChI is InChI=1S/C18H23N5O2/c1-11(19)13-10-21-15(9-14(13)20)22-17(24)23-16(18(2,3)25)12-7-5-4-6-8-12/h4-10,16,19,25H,1-3H3,(H4,20,21,22,23,24)/t16-/m0/s1. The van der Waals surface area contributed by atoms with Crippen molar-refractivity contribution in [3.63, 3.8) is 0 Å². The summed E-state index contributed by atoms with van der Waals surface area (Å²) in [5.41, 5.74) is 6.67. The van der Waals surface area contributed by atoms with Crippen molar-refractivity contribution in [2.45, 2.75) is 32.4 Å². The highest BCUT2D eigenvalue weighted by Crippen LogP contribution is 2.25. The SMILES string of the molecule is CC(=N)c1cnc(NC(=O)N[C@@H](c2ccccc2)C(C)(C)O)cc1N. The third kappa shape index (κ3) is 4.77. The maximum absolute atomic E-state index is 12.3. The molecule has 7 nitrogen and oxygen atoms in total. The number of rotatable bonds is 5. The molecule has 1 heterocycles. The minimum Gasteiger partial charge on any atom is -0.398 e. The lowest BCUT2D eigenvalue weighted by Gasteiger charge is -2.30. The molecule has 132 valence electrons. The summed E-state index contributed by atoms with van der Waals surface area (Å²) in [4.78, 5) is 16.4. The fourth-order valence-electron chi connectivity index (χ4n) is 2.45. The summed E-state index contributed by atoms with van der Waals surface area (Å²) in [6.07, 6.45) is 1.44. The van der Waals surface area contributed by atoms with Crippen molar-refractivity contribution in [2.75, 3.05) is 11.1 Å². The van der Waals surface area contributed by atoms with E-state index in [1.165, 1.54) is 12.3 Å². The van der Waals surface area contributed by atoms with E-state index in [-0.39, 0.29) is 5.82 Å². The predicted octanol–water partition coefficient (Wildman–Crippen LogP) is 2.69. The quantitative estimate of drug-likeness (QED) is 0.536. The number of hydrogen-bond donors (Lipinski definition) is 5. The van der Waals surface area contributed by atoms with E-state index < -0.39 is 17.7 Å². The van der Waals surface area contributed by atoms with Crippen LogP contribution in [0.1, 0.15) is 37.9 Å². The van der Waals surface area contributed by atoms with Crippen LogP contribution < -0.4 is 16.4 Å². The lowest BCUT2D eigenvalue weighted by atomic mass is 9.92. The van der Waals surface area contributed by atoms with Crippen LogP contribution in [-0.2, 0) is 0 Å². The molecule has 0 aliphatic rings. The van der Waals surface area contributed by atoms with E-state index in [2.05, 4.69) is 15.6 Å². The molecule has 0 aliphatic carbocycles. The van der Waals surface area contributed by atoms with Crippen molar-refractivity contribution in [3.05, 3.63) is 53.7 Å². The first-order valence-electron chi connectivity index (χ1n) is 7.84. The lowest BCUT2D eigenvalue weighted by molar-refractivity contribution is 0.0415. The minimum atomic E-state index is -1.16. The molecule has 0 spiro atoms. The van der Waals surface area contributed by atoms with Gasteiger partial charge in [-0.2, -0.15) is 0 Å². The Morgan fingerprint density at radius 3 is 2.48 bits per heavy atom.